The minimum atomic E-state index is -4.75. The smallest absolute Gasteiger partial charge is 0.416 e. The lowest BCUT2D eigenvalue weighted by Gasteiger charge is -2.12. The SMILES string of the molecule is COC(=O)CC(C)C(=O)c1cc(F)cc(C(F)(F)F)c1. The Morgan fingerprint density at radius 1 is 1.25 bits per heavy atom. The van der Waals surface area contributed by atoms with Gasteiger partial charge in [0, 0.05) is 11.5 Å². The largest absolute Gasteiger partial charge is 0.469 e. The zero-order chi connectivity index (χ0) is 15.5. The molecular formula is C13H12F4O3. The van der Waals surface area contributed by atoms with E-state index in [9.17, 15) is 27.2 Å². The van der Waals surface area contributed by atoms with E-state index in [1.54, 1.807) is 0 Å². The van der Waals surface area contributed by atoms with Crippen LogP contribution in [0.5, 0.6) is 0 Å². The van der Waals surface area contributed by atoms with Crippen LogP contribution in [-0.4, -0.2) is 18.9 Å². The number of carbonyl (C=O) groups excluding carboxylic acids is 2. The normalized spacial score (nSPS) is 12.9. The van der Waals surface area contributed by atoms with Crippen LogP contribution in [0.25, 0.3) is 0 Å². The number of carbonyl (C=O) groups is 2. The average Bonchev–Trinajstić information content (AvgIpc) is 2.35. The van der Waals surface area contributed by atoms with Crippen LogP contribution in [0, 0.1) is 11.7 Å². The number of methoxy groups -OCH3 is 1. The number of Topliss-reactive ketones (excluding diaryl/α,β-unsaturated/α-hetero) is 1. The Balaban J connectivity index is 3.04. The van der Waals surface area contributed by atoms with Gasteiger partial charge in [0.05, 0.1) is 19.1 Å². The molecule has 0 aromatic heterocycles. The molecule has 1 unspecified atom stereocenters. The van der Waals surface area contributed by atoms with Crippen LogP contribution in [0.3, 0.4) is 0 Å². The molecule has 0 spiro atoms. The summed E-state index contributed by atoms with van der Waals surface area (Å²) >= 11 is 0. The third-order valence-corrected chi connectivity index (χ3v) is 2.66. The average molecular weight is 292 g/mol. The summed E-state index contributed by atoms with van der Waals surface area (Å²) in [6, 6.07) is 1.59. The van der Waals surface area contributed by atoms with Gasteiger partial charge in [-0.05, 0) is 18.2 Å². The van der Waals surface area contributed by atoms with Crippen LogP contribution < -0.4 is 0 Å². The number of ketones is 1. The van der Waals surface area contributed by atoms with Crippen molar-refractivity contribution in [3.05, 3.63) is 35.1 Å². The number of hydrogen-bond acceptors (Lipinski definition) is 3. The van der Waals surface area contributed by atoms with Gasteiger partial charge in [0.1, 0.15) is 5.82 Å². The van der Waals surface area contributed by atoms with E-state index in [4.69, 9.17) is 0 Å². The molecule has 110 valence electrons. The van der Waals surface area contributed by atoms with Gasteiger partial charge in [-0.1, -0.05) is 6.92 Å². The molecule has 0 aliphatic rings. The number of esters is 1. The molecule has 0 heterocycles. The van der Waals surface area contributed by atoms with Crippen molar-refractivity contribution in [3.8, 4) is 0 Å². The number of ether oxygens (including phenoxy) is 1. The van der Waals surface area contributed by atoms with Crippen LogP contribution in [0.2, 0.25) is 0 Å². The van der Waals surface area contributed by atoms with Crippen LogP contribution >= 0.6 is 0 Å². The second-order valence-corrected chi connectivity index (χ2v) is 4.27. The summed E-state index contributed by atoms with van der Waals surface area (Å²) in [5, 5.41) is 0. The molecule has 1 aromatic rings. The monoisotopic (exact) mass is 292 g/mol. The van der Waals surface area contributed by atoms with E-state index in [1.807, 2.05) is 0 Å². The summed E-state index contributed by atoms with van der Waals surface area (Å²) in [6.45, 7) is 1.36. The summed E-state index contributed by atoms with van der Waals surface area (Å²) in [7, 11) is 1.13. The molecule has 1 aromatic carbocycles. The van der Waals surface area contributed by atoms with Gasteiger partial charge in [0.2, 0.25) is 0 Å². The zero-order valence-corrected chi connectivity index (χ0v) is 10.8. The maximum atomic E-state index is 13.2. The Kier molecular flexibility index (Phi) is 4.86. The first-order chi connectivity index (χ1) is 9.15. The number of halogens is 4. The zero-order valence-electron chi connectivity index (χ0n) is 10.8. The highest BCUT2D eigenvalue weighted by atomic mass is 19.4. The third kappa shape index (κ3) is 4.04. The van der Waals surface area contributed by atoms with Gasteiger partial charge in [-0.15, -0.1) is 0 Å². The van der Waals surface area contributed by atoms with E-state index in [-0.39, 0.29) is 6.42 Å². The topological polar surface area (TPSA) is 43.4 Å². The van der Waals surface area contributed by atoms with Crippen LogP contribution in [0.4, 0.5) is 17.6 Å². The minimum Gasteiger partial charge on any atom is -0.469 e. The van der Waals surface area contributed by atoms with E-state index in [2.05, 4.69) is 4.74 Å². The van der Waals surface area contributed by atoms with Gasteiger partial charge in [-0.25, -0.2) is 4.39 Å². The molecule has 0 N–H and O–H groups in total. The first-order valence-electron chi connectivity index (χ1n) is 5.64. The van der Waals surface area contributed by atoms with Crippen molar-refractivity contribution in [2.45, 2.75) is 19.5 Å². The first kappa shape index (κ1) is 16.1. The Hall–Kier alpha value is -1.92. The fourth-order valence-corrected chi connectivity index (χ4v) is 1.61. The Labute approximate surface area is 112 Å². The second-order valence-electron chi connectivity index (χ2n) is 4.27. The van der Waals surface area contributed by atoms with Gasteiger partial charge in [-0.3, -0.25) is 9.59 Å². The van der Waals surface area contributed by atoms with Crippen molar-refractivity contribution in [1.82, 2.24) is 0 Å². The molecule has 20 heavy (non-hydrogen) atoms. The maximum absolute atomic E-state index is 13.2. The van der Waals surface area contributed by atoms with E-state index in [0.717, 1.165) is 7.11 Å². The molecule has 0 aliphatic carbocycles. The molecule has 0 radical (unpaired) electrons. The molecule has 3 nitrogen and oxygen atoms in total. The van der Waals surface area contributed by atoms with E-state index in [0.29, 0.717) is 18.2 Å². The van der Waals surface area contributed by atoms with Crippen molar-refractivity contribution in [1.29, 1.82) is 0 Å². The number of rotatable bonds is 4. The van der Waals surface area contributed by atoms with E-state index < -0.39 is 40.8 Å². The van der Waals surface area contributed by atoms with Crippen LogP contribution in [-0.2, 0) is 15.7 Å². The standard InChI is InChI=1S/C13H12F4O3/c1-7(3-11(18)20-2)12(19)8-4-9(13(15,16)17)6-10(14)5-8/h4-7H,3H2,1-2H3. The number of benzene rings is 1. The minimum absolute atomic E-state index is 0.285. The molecule has 0 aliphatic heterocycles. The highest BCUT2D eigenvalue weighted by molar-refractivity contribution is 5.99. The summed E-state index contributed by atoms with van der Waals surface area (Å²) in [5.41, 5.74) is -1.67. The lowest BCUT2D eigenvalue weighted by atomic mass is 9.95. The van der Waals surface area contributed by atoms with Crippen LogP contribution in [0.15, 0.2) is 18.2 Å². The lowest BCUT2D eigenvalue weighted by molar-refractivity contribution is -0.141. The van der Waals surface area contributed by atoms with E-state index >= 15 is 0 Å². The van der Waals surface area contributed by atoms with Gasteiger partial charge in [-0.2, -0.15) is 13.2 Å². The Bertz CT molecular complexity index is 523. The first-order valence-corrected chi connectivity index (χ1v) is 5.64. The van der Waals surface area contributed by atoms with Crippen molar-refractivity contribution in [3.63, 3.8) is 0 Å². The second kappa shape index (κ2) is 6.02. The molecule has 0 saturated heterocycles. The van der Waals surface area contributed by atoms with Gasteiger partial charge in [0.15, 0.2) is 5.78 Å². The highest BCUT2D eigenvalue weighted by Crippen LogP contribution is 2.31. The molecule has 0 fully saturated rings. The van der Waals surface area contributed by atoms with Crippen molar-refractivity contribution in [2.24, 2.45) is 5.92 Å². The molecule has 1 rings (SSSR count). The van der Waals surface area contributed by atoms with Gasteiger partial charge < -0.3 is 4.74 Å². The molecule has 0 amide bonds. The number of hydrogen-bond donors (Lipinski definition) is 0. The number of alkyl halides is 3. The Morgan fingerprint density at radius 3 is 2.35 bits per heavy atom. The van der Waals surface area contributed by atoms with Crippen molar-refractivity contribution in [2.75, 3.05) is 7.11 Å². The van der Waals surface area contributed by atoms with E-state index in [1.165, 1.54) is 6.92 Å². The van der Waals surface area contributed by atoms with Crippen LogP contribution in [0.1, 0.15) is 29.3 Å². The predicted octanol–water partition coefficient (Wildman–Crippen LogP) is 3.23. The van der Waals surface area contributed by atoms with Gasteiger partial charge in [0.25, 0.3) is 0 Å². The predicted molar refractivity (Wildman–Crippen MR) is 61.5 cm³/mol. The summed E-state index contributed by atoms with van der Waals surface area (Å²) in [6.07, 6.45) is -5.03. The Morgan fingerprint density at radius 2 is 1.85 bits per heavy atom. The summed E-state index contributed by atoms with van der Waals surface area (Å²) in [5.74, 6) is -3.47. The highest BCUT2D eigenvalue weighted by Gasteiger charge is 2.32. The molecular weight excluding hydrogens is 280 g/mol. The summed E-state index contributed by atoms with van der Waals surface area (Å²) in [4.78, 5) is 22.9. The molecule has 7 heteroatoms. The molecule has 0 bridgehead atoms. The van der Waals surface area contributed by atoms with Crippen molar-refractivity contribution < 1.29 is 31.9 Å². The third-order valence-electron chi connectivity index (χ3n) is 2.66. The fourth-order valence-electron chi connectivity index (χ4n) is 1.61. The lowest BCUT2D eigenvalue weighted by Crippen LogP contribution is -2.18. The van der Waals surface area contributed by atoms with Crippen molar-refractivity contribution >= 4 is 11.8 Å². The molecule has 0 saturated carbocycles. The van der Waals surface area contributed by atoms with Gasteiger partial charge >= 0.3 is 12.1 Å². The maximum Gasteiger partial charge on any atom is 0.416 e. The molecule has 1 atom stereocenters. The summed E-state index contributed by atoms with van der Waals surface area (Å²) < 4.78 is 55.1. The quantitative estimate of drug-likeness (QED) is 0.486. The fraction of sp³-hybridized carbons (Fsp3) is 0.385.